The number of nitrogens with zero attached hydrogens (tertiary/aromatic N) is 2. The molecule has 0 fully saturated rings. The van der Waals surface area contributed by atoms with Gasteiger partial charge in [0.1, 0.15) is 5.82 Å². The summed E-state index contributed by atoms with van der Waals surface area (Å²) < 4.78 is 0. The maximum Gasteiger partial charge on any atom is 0.128 e. The van der Waals surface area contributed by atoms with Crippen LogP contribution in [0.5, 0.6) is 0 Å². The largest absolute Gasteiger partial charge is 0.353 e. The summed E-state index contributed by atoms with van der Waals surface area (Å²) in [6.07, 6.45) is 1.81. The Morgan fingerprint density at radius 3 is 2.58 bits per heavy atom. The predicted molar refractivity (Wildman–Crippen MR) is 80.4 cm³/mol. The highest BCUT2D eigenvalue weighted by atomic mass is 35.5. The van der Waals surface area contributed by atoms with Crippen LogP contribution in [-0.4, -0.2) is 12.0 Å². The van der Waals surface area contributed by atoms with E-state index < -0.39 is 0 Å². The Hall–Kier alpha value is -1.58. The van der Waals surface area contributed by atoms with Crippen molar-refractivity contribution in [3.8, 4) is 0 Å². The van der Waals surface area contributed by atoms with Gasteiger partial charge in [-0.2, -0.15) is 0 Å². The summed E-state index contributed by atoms with van der Waals surface area (Å²) in [6.45, 7) is 2.62. The summed E-state index contributed by atoms with van der Waals surface area (Å²) >= 11 is 6.23. The Bertz CT molecular complexity index is 539. The van der Waals surface area contributed by atoms with E-state index in [1.165, 1.54) is 0 Å². The molecule has 100 valence electrons. The van der Waals surface area contributed by atoms with Crippen LogP contribution in [0, 0.1) is 0 Å². The van der Waals surface area contributed by atoms with Crippen molar-refractivity contribution in [3.63, 3.8) is 0 Å². The Balaban J connectivity index is 2.23. The third-order valence-corrected chi connectivity index (χ3v) is 3.69. The van der Waals surface area contributed by atoms with Crippen molar-refractivity contribution >= 4 is 17.4 Å². The number of hydrogen-bond acceptors (Lipinski definition) is 3. The monoisotopic (exact) mass is 275 g/mol. The first-order valence-electron chi connectivity index (χ1n) is 6.25. The Labute approximate surface area is 119 Å². The summed E-state index contributed by atoms with van der Waals surface area (Å²) in [6, 6.07) is 12.0. The lowest BCUT2D eigenvalue weighted by Gasteiger charge is -2.27. The molecule has 0 saturated carbocycles. The van der Waals surface area contributed by atoms with E-state index in [0.717, 1.165) is 22.0 Å². The van der Waals surface area contributed by atoms with Gasteiger partial charge in [0.05, 0.1) is 6.04 Å². The number of benzene rings is 1. The van der Waals surface area contributed by atoms with Crippen molar-refractivity contribution in [3.05, 3.63) is 58.7 Å². The van der Waals surface area contributed by atoms with Crippen molar-refractivity contribution in [1.82, 2.24) is 4.98 Å². The van der Waals surface area contributed by atoms with E-state index in [1.807, 2.05) is 49.6 Å². The number of rotatable bonds is 4. The second-order valence-electron chi connectivity index (χ2n) is 4.54. The summed E-state index contributed by atoms with van der Waals surface area (Å²) in [5, 5.41) is 0.778. The quantitative estimate of drug-likeness (QED) is 0.930. The third kappa shape index (κ3) is 3.06. The van der Waals surface area contributed by atoms with Gasteiger partial charge < -0.3 is 10.6 Å². The van der Waals surface area contributed by atoms with E-state index in [4.69, 9.17) is 17.3 Å². The number of nitrogens with two attached hydrogens (primary N) is 1. The van der Waals surface area contributed by atoms with Crippen molar-refractivity contribution in [2.24, 2.45) is 5.73 Å². The highest BCUT2D eigenvalue weighted by molar-refractivity contribution is 6.31. The zero-order valence-corrected chi connectivity index (χ0v) is 11.9. The van der Waals surface area contributed by atoms with Crippen LogP contribution in [0.3, 0.4) is 0 Å². The van der Waals surface area contributed by atoms with Crippen molar-refractivity contribution in [2.45, 2.75) is 19.5 Å². The SMILES string of the molecule is CC(c1ccccc1Cl)N(C)c1ccc(CN)cn1. The fraction of sp³-hybridized carbons (Fsp3) is 0.267. The van der Waals surface area contributed by atoms with Crippen LogP contribution in [0.2, 0.25) is 5.02 Å². The van der Waals surface area contributed by atoms with Gasteiger partial charge in [0.25, 0.3) is 0 Å². The topological polar surface area (TPSA) is 42.1 Å². The zero-order chi connectivity index (χ0) is 13.8. The maximum atomic E-state index is 6.23. The molecule has 0 aliphatic carbocycles. The summed E-state index contributed by atoms with van der Waals surface area (Å²) in [7, 11) is 2.01. The van der Waals surface area contributed by atoms with Gasteiger partial charge in [0.15, 0.2) is 0 Å². The molecular formula is C15H18ClN3. The van der Waals surface area contributed by atoms with Gasteiger partial charge in [0, 0.05) is 24.8 Å². The molecule has 19 heavy (non-hydrogen) atoms. The van der Waals surface area contributed by atoms with Crippen LogP contribution in [-0.2, 0) is 6.54 Å². The summed E-state index contributed by atoms with van der Waals surface area (Å²) in [4.78, 5) is 6.53. The molecule has 0 radical (unpaired) electrons. The average Bonchev–Trinajstić information content (AvgIpc) is 2.46. The smallest absolute Gasteiger partial charge is 0.128 e. The van der Waals surface area contributed by atoms with E-state index in [1.54, 1.807) is 0 Å². The van der Waals surface area contributed by atoms with Crippen molar-refractivity contribution < 1.29 is 0 Å². The Morgan fingerprint density at radius 2 is 2.00 bits per heavy atom. The molecule has 2 N–H and O–H groups in total. The normalized spacial score (nSPS) is 12.2. The number of hydrogen-bond donors (Lipinski definition) is 1. The first kappa shape index (κ1) is 13.8. The zero-order valence-electron chi connectivity index (χ0n) is 11.2. The van der Waals surface area contributed by atoms with E-state index in [0.29, 0.717) is 6.54 Å². The number of halogens is 1. The molecule has 0 amide bonds. The minimum atomic E-state index is 0.157. The maximum absolute atomic E-state index is 6.23. The fourth-order valence-electron chi connectivity index (χ4n) is 1.97. The molecule has 0 bridgehead atoms. The Morgan fingerprint density at radius 1 is 1.26 bits per heavy atom. The highest BCUT2D eigenvalue weighted by Crippen LogP contribution is 2.28. The molecular weight excluding hydrogens is 258 g/mol. The van der Waals surface area contributed by atoms with Crippen LogP contribution in [0.1, 0.15) is 24.1 Å². The number of aromatic nitrogens is 1. The third-order valence-electron chi connectivity index (χ3n) is 3.34. The highest BCUT2D eigenvalue weighted by Gasteiger charge is 2.15. The molecule has 1 aromatic heterocycles. The van der Waals surface area contributed by atoms with Gasteiger partial charge in [-0.3, -0.25) is 0 Å². The first-order valence-corrected chi connectivity index (χ1v) is 6.63. The molecule has 2 rings (SSSR count). The molecule has 1 aromatic carbocycles. The van der Waals surface area contributed by atoms with Gasteiger partial charge in [-0.1, -0.05) is 35.9 Å². The van der Waals surface area contributed by atoms with Gasteiger partial charge in [-0.25, -0.2) is 4.98 Å². The van der Waals surface area contributed by atoms with Crippen LogP contribution >= 0.6 is 11.6 Å². The average molecular weight is 276 g/mol. The van der Waals surface area contributed by atoms with Crippen molar-refractivity contribution in [2.75, 3.05) is 11.9 Å². The standard InChI is InChI=1S/C15H18ClN3/c1-11(13-5-3-4-6-14(13)16)19(2)15-8-7-12(9-17)10-18-15/h3-8,10-11H,9,17H2,1-2H3. The van der Waals surface area contributed by atoms with Crippen LogP contribution in [0.4, 0.5) is 5.82 Å². The predicted octanol–water partition coefficient (Wildman–Crippen LogP) is 3.39. The molecule has 2 aromatic rings. The Kier molecular flexibility index (Phi) is 4.40. The summed E-state index contributed by atoms with van der Waals surface area (Å²) in [5.74, 6) is 0.907. The molecule has 0 saturated heterocycles. The molecule has 0 aliphatic heterocycles. The van der Waals surface area contributed by atoms with E-state index in [2.05, 4.69) is 16.8 Å². The second kappa shape index (κ2) is 6.04. The lowest BCUT2D eigenvalue weighted by Crippen LogP contribution is -2.22. The van der Waals surface area contributed by atoms with Gasteiger partial charge in [-0.15, -0.1) is 0 Å². The minimum Gasteiger partial charge on any atom is -0.353 e. The molecule has 0 spiro atoms. The molecule has 1 atom stereocenters. The fourth-order valence-corrected chi connectivity index (χ4v) is 2.26. The van der Waals surface area contributed by atoms with Crippen LogP contribution in [0.15, 0.2) is 42.6 Å². The molecule has 3 nitrogen and oxygen atoms in total. The molecule has 1 heterocycles. The van der Waals surface area contributed by atoms with Gasteiger partial charge >= 0.3 is 0 Å². The van der Waals surface area contributed by atoms with Gasteiger partial charge in [0.2, 0.25) is 0 Å². The lowest BCUT2D eigenvalue weighted by atomic mass is 10.1. The van der Waals surface area contributed by atoms with Crippen molar-refractivity contribution in [1.29, 1.82) is 0 Å². The minimum absolute atomic E-state index is 0.157. The summed E-state index contributed by atoms with van der Waals surface area (Å²) in [5.41, 5.74) is 7.70. The number of pyridine rings is 1. The second-order valence-corrected chi connectivity index (χ2v) is 4.94. The molecule has 0 aliphatic rings. The van der Waals surface area contributed by atoms with Gasteiger partial charge in [-0.05, 0) is 30.2 Å². The van der Waals surface area contributed by atoms with E-state index >= 15 is 0 Å². The molecule has 4 heteroatoms. The van der Waals surface area contributed by atoms with Crippen LogP contribution in [0.25, 0.3) is 0 Å². The van der Waals surface area contributed by atoms with Crippen LogP contribution < -0.4 is 10.6 Å². The van der Waals surface area contributed by atoms with E-state index in [-0.39, 0.29) is 6.04 Å². The first-order chi connectivity index (χ1) is 9.13. The lowest BCUT2D eigenvalue weighted by molar-refractivity contribution is 0.728. The van der Waals surface area contributed by atoms with E-state index in [9.17, 15) is 0 Å². The molecule has 1 unspecified atom stereocenters. The number of anilines is 1.